The minimum atomic E-state index is -0.510. The summed E-state index contributed by atoms with van der Waals surface area (Å²) in [6.45, 7) is 4.21. The lowest BCUT2D eigenvalue weighted by Gasteiger charge is -2.36. The summed E-state index contributed by atoms with van der Waals surface area (Å²) in [5.74, 6) is 0.557. The minimum absolute atomic E-state index is 0. The summed E-state index contributed by atoms with van der Waals surface area (Å²) in [5, 5.41) is 0. The molecule has 2 aliphatic rings. The predicted octanol–water partition coefficient (Wildman–Crippen LogP) is 3.88. The Bertz CT molecular complexity index is 545. The normalized spacial score (nSPS) is 25.7. The van der Waals surface area contributed by atoms with Crippen LogP contribution in [0.4, 0.5) is 8.78 Å². The maximum atomic E-state index is 13.2. The monoisotopic (exact) mass is 435 g/mol. The summed E-state index contributed by atoms with van der Waals surface area (Å²) >= 11 is 0. The smallest absolute Gasteiger partial charge is 0.191 e. The molecular formula is C17H24F2IN3. The second-order valence-electron chi connectivity index (χ2n) is 6.68. The number of nitrogens with zero attached hydrogens (tertiary/aromatic N) is 2. The Morgan fingerprint density at radius 2 is 1.70 bits per heavy atom. The molecule has 0 spiro atoms. The summed E-state index contributed by atoms with van der Waals surface area (Å²) in [6, 6.07) is 3.93. The Balaban J connectivity index is 0.00000192. The van der Waals surface area contributed by atoms with Crippen LogP contribution in [0.1, 0.15) is 44.1 Å². The molecule has 1 aliphatic heterocycles. The number of likely N-dealkylation sites (tertiary alicyclic amines) is 1. The van der Waals surface area contributed by atoms with Crippen molar-refractivity contribution in [2.24, 2.45) is 16.6 Å². The highest BCUT2D eigenvalue weighted by atomic mass is 127. The Labute approximate surface area is 153 Å². The lowest BCUT2D eigenvalue weighted by atomic mass is 9.76. The van der Waals surface area contributed by atoms with Gasteiger partial charge in [0.05, 0.1) is 6.04 Å². The number of benzene rings is 1. The molecule has 0 bridgehead atoms. The molecule has 1 saturated carbocycles. The van der Waals surface area contributed by atoms with Gasteiger partial charge in [-0.15, -0.1) is 24.0 Å². The van der Waals surface area contributed by atoms with Crippen molar-refractivity contribution < 1.29 is 8.78 Å². The van der Waals surface area contributed by atoms with Crippen LogP contribution in [0, 0.1) is 17.6 Å². The van der Waals surface area contributed by atoms with E-state index >= 15 is 0 Å². The highest BCUT2D eigenvalue weighted by Crippen LogP contribution is 2.39. The van der Waals surface area contributed by atoms with E-state index in [1.54, 1.807) is 0 Å². The van der Waals surface area contributed by atoms with Gasteiger partial charge in [-0.25, -0.2) is 13.8 Å². The second kappa shape index (κ2) is 7.77. The first-order valence-electron chi connectivity index (χ1n) is 8.05. The van der Waals surface area contributed by atoms with Gasteiger partial charge in [0.15, 0.2) is 5.96 Å². The molecule has 0 unspecified atom stereocenters. The van der Waals surface area contributed by atoms with E-state index in [1.807, 2.05) is 0 Å². The number of rotatable bonds is 2. The van der Waals surface area contributed by atoms with Crippen molar-refractivity contribution in [1.82, 2.24) is 4.90 Å². The molecule has 0 amide bonds. The molecule has 1 saturated heterocycles. The molecule has 1 aromatic rings. The lowest BCUT2D eigenvalue weighted by Crippen LogP contribution is -2.44. The fourth-order valence-electron chi connectivity index (χ4n) is 3.28. The van der Waals surface area contributed by atoms with Gasteiger partial charge < -0.3 is 10.6 Å². The Morgan fingerprint density at radius 1 is 1.13 bits per heavy atom. The summed E-state index contributed by atoms with van der Waals surface area (Å²) in [5.41, 5.74) is 6.82. The van der Waals surface area contributed by atoms with Crippen LogP contribution in [-0.2, 0) is 0 Å². The molecule has 1 aliphatic carbocycles. The first kappa shape index (κ1) is 18.4. The van der Waals surface area contributed by atoms with E-state index in [0.717, 1.165) is 56.3 Å². The van der Waals surface area contributed by atoms with Gasteiger partial charge in [-0.1, -0.05) is 6.92 Å². The zero-order chi connectivity index (χ0) is 15.7. The topological polar surface area (TPSA) is 41.6 Å². The molecule has 0 aromatic heterocycles. The first-order valence-corrected chi connectivity index (χ1v) is 8.05. The van der Waals surface area contributed by atoms with Crippen LogP contribution < -0.4 is 5.73 Å². The van der Waals surface area contributed by atoms with Gasteiger partial charge in [0, 0.05) is 19.2 Å². The van der Waals surface area contributed by atoms with Crippen molar-refractivity contribution >= 4 is 29.9 Å². The van der Waals surface area contributed by atoms with Crippen LogP contribution in [0.2, 0.25) is 0 Å². The van der Waals surface area contributed by atoms with Crippen molar-refractivity contribution in [1.29, 1.82) is 0 Å². The molecule has 0 radical (unpaired) electrons. The van der Waals surface area contributed by atoms with Crippen LogP contribution in [0.25, 0.3) is 0 Å². The number of halogens is 3. The molecule has 2 N–H and O–H groups in total. The molecular weight excluding hydrogens is 411 g/mol. The summed E-state index contributed by atoms with van der Waals surface area (Å²) in [4.78, 5) is 6.73. The fraction of sp³-hybridized carbons (Fsp3) is 0.588. The largest absolute Gasteiger partial charge is 0.370 e. The standard InChI is InChI=1S/C17H23F2N3.HI/c1-11-2-4-22(5-3-11)17(20)21-16-8-13(9-16)12-6-14(18)10-15(19)7-12;/h6-7,10-11,13,16H,2-5,8-9H2,1H3,(H2,20,21);1H. The van der Waals surface area contributed by atoms with Crippen LogP contribution in [0.5, 0.6) is 0 Å². The van der Waals surface area contributed by atoms with E-state index < -0.39 is 11.6 Å². The summed E-state index contributed by atoms with van der Waals surface area (Å²) < 4.78 is 26.5. The average Bonchev–Trinajstić information content (AvgIpc) is 2.41. The van der Waals surface area contributed by atoms with Crippen LogP contribution in [0.15, 0.2) is 23.2 Å². The van der Waals surface area contributed by atoms with Crippen molar-refractivity contribution in [3.05, 3.63) is 35.4 Å². The number of hydrogen-bond donors (Lipinski definition) is 1. The zero-order valence-corrected chi connectivity index (χ0v) is 15.7. The third kappa shape index (κ3) is 4.55. The van der Waals surface area contributed by atoms with Gasteiger partial charge in [-0.3, -0.25) is 0 Å². The molecule has 2 fully saturated rings. The predicted molar refractivity (Wildman–Crippen MR) is 99.1 cm³/mol. The third-order valence-corrected chi connectivity index (χ3v) is 4.89. The van der Waals surface area contributed by atoms with Crippen molar-refractivity contribution in [3.63, 3.8) is 0 Å². The van der Waals surface area contributed by atoms with E-state index in [0.29, 0.717) is 5.96 Å². The van der Waals surface area contributed by atoms with Crippen LogP contribution in [0.3, 0.4) is 0 Å². The number of nitrogens with two attached hydrogens (primary N) is 1. The van der Waals surface area contributed by atoms with Crippen LogP contribution in [-0.4, -0.2) is 30.0 Å². The van der Waals surface area contributed by atoms with Gasteiger partial charge in [-0.05, 0) is 55.2 Å². The Hall–Kier alpha value is -0.920. The molecule has 128 valence electrons. The minimum Gasteiger partial charge on any atom is -0.370 e. The van der Waals surface area contributed by atoms with E-state index in [1.165, 1.54) is 12.1 Å². The van der Waals surface area contributed by atoms with Gasteiger partial charge in [-0.2, -0.15) is 0 Å². The molecule has 0 atom stereocenters. The Kier molecular flexibility index (Phi) is 6.22. The molecule has 23 heavy (non-hydrogen) atoms. The summed E-state index contributed by atoms with van der Waals surface area (Å²) in [7, 11) is 0. The number of guanidine groups is 1. The van der Waals surface area contributed by atoms with E-state index in [9.17, 15) is 8.78 Å². The molecule has 6 heteroatoms. The first-order chi connectivity index (χ1) is 10.5. The van der Waals surface area contributed by atoms with Crippen molar-refractivity contribution in [2.75, 3.05) is 13.1 Å². The van der Waals surface area contributed by atoms with Gasteiger partial charge in [0.25, 0.3) is 0 Å². The SMILES string of the molecule is CC1CCN(C(N)=NC2CC(c3cc(F)cc(F)c3)C2)CC1.I. The van der Waals surface area contributed by atoms with Crippen molar-refractivity contribution in [2.45, 2.75) is 44.6 Å². The molecule has 3 rings (SSSR count). The lowest BCUT2D eigenvalue weighted by molar-refractivity contribution is 0.272. The van der Waals surface area contributed by atoms with E-state index in [2.05, 4.69) is 16.8 Å². The maximum Gasteiger partial charge on any atom is 0.191 e. The number of aliphatic imine (C=N–C) groups is 1. The van der Waals surface area contributed by atoms with Gasteiger partial charge in [0.2, 0.25) is 0 Å². The molecule has 1 heterocycles. The third-order valence-electron chi connectivity index (χ3n) is 4.89. The fourth-order valence-corrected chi connectivity index (χ4v) is 3.28. The number of hydrogen-bond acceptors (Lipinski definition) is 1. The van der Waals surface area contributed by atoms with Crippen LogP contribution >= 0.6 is 24.0 Å². The highest BCUT2D eigenvalue weighted by Gasteiger charge is 2.31. The average molecular weight is 435 g/mol. The van der Waals surface area contributed by atoms with Gasteiger partial charge >= 0.3 is 0 Å². The van der Waals surface area contributed by atoms with E-state index in [4.69, 9.17) is 5.73 Å². The molecule has 3 nitrogen and oxygen atoms in total. The summed E-state index contributed by atoms with van der Waals surface area (Å²) in [6.07, 6.45) is 3.94. The van der Waals surface area contributed by atoms with E-state index in [-0.39, 0.29) is 35.9 Å². The maximum absolute atomic E-state index is 13.2. The van der Waals surface area contributed by atoms with Crippen molar-refractivity contribution in [3.8, 4) is 0 Å². The highest BCUT2D eigenvalue weighted by molar-refractivity contribution is 14.0. The zero-order valence-electron chi connectivity index (χ0n) is 13.3. The molecule has 1 aromatic carbocycles. The quantitative estimate of drug-likeness (QED) is 0.436. The Morgan fingerprint density at radius 3 is 2.26 bits per heavy atom. The number of piperidine rings is 1. The van der Waals surface area contributed by atoms with Gasteiger partial charge in [0.1, 0.15) is 11.6 Å². The second-order valence-corrected chi connectivity index (χ2v) is 6.68.